The summed E-state index contributed by atoms with van der Waals surface area (Å²) in [5.74, 6) is 2.11. The molecule has 1 unspecified atom stereocenters. The second kappa shape index (κ2) is 6.78. The summed E-state index contributed by atoms with van der Waals surface area (Å²) in [4.78, 5) is 4.57. The van der Waals surface area contributed by atoms with Gasteiger partial charge in [0.2, 0.25) is 0 Å². The van der Waals surface area contributed by atoms with E-state index in [2.05, 4.69) is 10.3 Å². The molecule has 1 heterocycles. The summed E-state index contributed by atoms with van der Waals surface area (Å²) < 4.78 is 16.3. The topological polar surface area (TPSA) is 52.6 Å². The lowest BCUT2D eigenvalue weighted by Gasteiger charge is -2.21. The molecule has 6 heteroatoms. The largest absolute Gasteiger partial charge is 0.496 e. The Balaban J connectivity index is 2.58. The van der Waals surface area contributed by atoms with Gasteiger partial charge in [-0.25, -0.2) is 4.98 Å². The van der Waals surface area contributed by atoms with Crippen molar-refractivity contribution in [3.8, 4) is 17.2 Å². The maximum Gasteiger partial charge on any atom is 0.131 e. The summed E-state index contributed by atoms with van der Waals surface area (Å²) in [6.07, 6.45) is 0. The normalized spacial score (nSPS) is 12.0. The van der Waals surface area contributed by atoms with Gasteiger partial charge in [-0.2, -0.15) is 0 Å². The number of ether oxygens (including phenoxy) is 3. The summed E-state index contributed by atoms with van der Waals surface area (Å²) in [7, 11) is 6.78. The van der Waals surface area contributed by atoms with Crippen LogP contribution in [0.1, 0.15) is 22.3 Å². The average Bonchev–Trinajstić information content (AvgIpc) is 2.94. The minimum Gasteiger partial charge on any atom is -0.496 e. The van der Waals surface area contributed by atoms with Crippen LogP contribution in [0.3, 0.4) is 0 Å². The molecule has 0 amide bonds. The zero-order chi connectivity index (χ0) is 15.4. The van der Waals surface area contributed by atoms with E-state index in [0.29, 0.717) is 17.2 Å². The number of nitrogens with zero attached hydrogens (tertiary/aromatic N) is 1. The molecule has 0 aliphatic carbocycles. The van der Waals surface area contributed by atoms with Crippen LogP contribution in [0.2, 0.25) is 0 Å². The molecule has 1 aromatic heterocycles. The number of nitrogens with one attached hydrogen (secondary N) is 1. The van der Waals surface area contributed by atoms with E-state index in [-0.39, 0.29) is 6.04 Å². The predicted molar refractivity (Wildman–Crippen MR) is 83.9 cm³/mol. The molecular formula is C15H20N2O3S. The van der Waals surface area contributed by atoms with Crippen LogP contribution in [0.15, 0.2) is 17.5 Å². The van der Waals surface area contributed by atoms with Crippen molar-refractivity contribution in [1.82, 2.24) is 10.3 Å². The number of aryl methyl sites for hydroxylation is 1. The van der Waals surface area contributed by atoms with Crippen LogP contribution >= 0.6 is 11.3 Å². The third kappa shape index (κ3) is 3.11. The summed E-state index contributed by atoms with van der Waals surface area (Å²) in [5, 5.41) is 6.28. The van der Waals surface area contributed by atoms with E-state index in [1.807, 2.05) is 31.5 Å². The first-order chi connectivity index (χ1) is 10.1. The van der Waals surface area contributed by atoms with Crippen LogP contribution in [-0.2, 0) is 0 Å². The van der Waals surface area contributed by atoms with Crippen molar-refractivity contribution in [3.05, 3.63) is 33.8 Å². The standard InChI is InChI=1S/C15H20N2O3S/c1-9-8-21-15(17-9)14(16-2)13-11(19-4)6-10(18-3)7-12(13)20-5/h6-8,14,16H,1-5H3. The molecule has 5 nitrogen and oxygen atoms in total. The summed E-state index contributed by atoms with van der Waals surface area (Å²) in [5.41, 5.74) is 1.92. The van der Waals surface area contributed by atoms with Gasteiger partial charge in [0.1, 0.15) is 22.3 Å². The fraction of sp³-hybridized carbons (Fsp3) is 0.400. The molecular weight excluding hydrogens is 288 g/mol. The van der Waals surface area contributed by atoms with Crippen molar-refractivity contribution in [2.75, 3.05) is 28.4 Å². The smallest absolute Gasteiger partial charge is 0.131 e. The second-order valence-corrected chi connectivity index (χ2v) is 5.38. The Kier molecular flexibility index (Phi) is 5.03. The van der Waals surface area contributed by atoms with E-state index < -0.39 is 0 Å². The van der Waals surface area contributed by atoms with Crippen LogP contribution < -0.4 is 19.5 Å². The zero-order valence-corrected chi connectivity index (χ0v) is 13.7. The van der Waals surface area contributed by atoms with E-state index >= 15 is 0 Å². The predicted octanol–water partition coefficient (Wildman–Crippen LogP) is 2.79. The average molecular weight is 308 g/mol. The fourth-order valence-electron chi connectivity index (χ4n) is 2.21. The molecule has 2 rings (SSSR count). The molecule has 21 heavy (non-hydrogen) atoms. The number of benzene rings is 1. The summed E-state index contributed by atoms with van der Waals surface area (Å²) >= 11 is 1.61. The number of aromatic nitrogens is 1. The summed E-state index contributed by atoms with van der Waals surface area (Å²) in [6.45, 7) is 1.98. The van der Waals surface area contributed by atoms with Gasteiger partial charge >= 0.3 is 0 Å². The molecule has 2 aromatic rings. The van der Waals surface area contributed by atoms with E-state index in [0.717, 1.165) is 16.3 Å². The Labute approximate surface area is 128 Å². The van der Waals surface area contributed by atoms with Crippen LogP contribution in [-0.4, -0.2) is 33.4 Å². The van der Waals surface area contributed by atoms with E-state index in [9.17, 15) is 0 Å². The molecule has 0 spiro atoms. The molecule has 0 aliphatic rings. The Hall–Kier alpha value is -1.79. The van der Waals surface area contributed by atoms with Gasteiger partial charge in [0, 0.05) is 23.2 Å². The van der Waals surface area contributed by atoms with Gasteiger partial charge in [-0.3, -0.25) is 0 Å². The Morgan fingerprint density at radius 1 is 1.10 bits per heavy atom. The molecule has 1 atom stereocenters. The van der Waals surface area contributed by atoms with Gasteiger partial charge in [-0.1, -0.05) is 0 Å². The molecule has 1 N–H and O–H groups in total. The second-order valence-electron chi connectivity index (χ2n) is 4.49. The van der Waals surface area contributed by atoms with Crippen LogP contribution in [0.4, 0.5) is 0 Å². The molecule has 0 fully saturated rings. The lowest BCUT2D eigenvalue weighted by Crippen LogP contribution is -2.19. The highest BCUT2D eigenvalue weighted by atomic mass is 32.1. The number of rotatable bonds is 6. The Morgan fingerprint density at radius 2 is 1.71 bits per heavy atom. The van der Waals surface area contributed by atoms with Crippen molar-refractivity contribution >= 4 is 11.3 Å². The van der Waals surface area contributed by atoms with Crippen LogP contribution in [0.25, 0.3) is 0 Å². The maximum absolute atomic E-state index is 5.52. The molecule has 0 saturated carbocycles. The number of methoxy groups -OCH3 is 3. The van der Waals surface area contributed by atoms with Crippen molar-refractivity contribution in [3.63, 3.8) is 0 Å². The van der Waals surface area contributed by atoms with Gasteiger partial charge < -0.3 is 19.5 Å². The lowest BCUT2D eigenvalue weighted by molar-refractivity contribution is 0.364. The van der Waals surface area contributed by atoms with Gasteiger partial charge in [0.25, 0.3) is 0 Å². The lowest BCUT2D eigenvalue weighted by atomic mass is 10.0. The van der Waals surface area contributed by atoms with Crippen molar-refractivity contribution in [2.24, 2.45) is 0 Å². The highest BCUT2D eigenvalue weighted by molar-refractivity contribution is 7.09. The van der Waals surface area contributed by atoms with Gasteiger partial charge in [0.05, 0.1) is 32.9 Å². The van der Waals surface area contributed by atoms with E-state index in [1.54, 1.807) is 32.7 Å². The van der Waals surface area contributed by atoms with Crippen molar-refractivity contribution < 1.29 is 14.2 Å². The van der Waals surface area contributed by atoms with Gasteiger partial charge in [-0.15, -0.1) is 11.3 Å². The van der Waals surface area contributed by atoms with Crippen LogP contribution in [0.5, 0.6) is 17.2 Å². The molecule has 114 valence electrons. The fourth-order valence-corrected chi connectivity index (χ4v) is 3.13. The van der Waals surface area contributed by atoms with E-state index in [4.69, 9.17) is 14.2 Å². The Morgan fingerprint density at radius 3 is 2.10 bits per heavy atom. The minimum atomic E-state index is -0.0977. The van der Waals surface area contributed by atoms with Crippen molar-refractivity contribution in [2.45, 2.75) is 13.0 Å². The minimum absolute atomic E-state index is 0.0977. The van der Waals surface area contributed by atoms with Gasteiger partial charge in [-0.05, 0) is 14.0 Å². The number of thiazole rings is 1. The van der Waals surface area contributed by atoms with Gasteiger partial charge in [0.15, 0.2) is 0 Å². The van der Waals surface area contributed by atoms with E-state index in [1.165, 1.54) is 0 Å². The summed E-state index contributed by atoms with van der Waals surface area (Å²) in [6, 6.07) is 3.60. The number of hydrogen-bond donors (Lipinski definition) is 1. The first-order valence-electron chi connectivity index (χ1n) is 6.53. The molecule has 0 aliphatic heterocycles. The van der Waals surface area contributed by atoms with Crippen LogP contribution in [0, 0.1) is 6.92 Å². The third-order valence-electron chi connectivity index (χ3n) is 3.21. The third-order valence-corrected chi connectivity index (χ3v) is 4.24. The molecule has 1 aromatic carbocycles. The Bertz CT molecular complexity index is 588. The first-order valence-corrected chi connectivity index (χ1v) is 7.41. The highest BCUT2D eigenvalue weighted by Crippen LogP contribution is 2.41. The number of hydrogen-bond acceptors (Lipinski definition) is 6. The monoisotopic (exact) mass is 308 g/mol. The molecule has 0 saturated heterocycles. The zero-order valence-electron chi connectivity index (χ0n) is 12.9. The quantitative estimate of drug-likeness (QED) is 0.889. The first kappa shape index (κ1) is 15.6. The maximum atomic E-state index is 5.52. The molecule has 0 radical (unpaired) electrons. The highest BCUT2D eigenvalue weighted by Gasteiger charge is 2.25. The molecule has 0 bridgehead atoms. The SMILES string of the molecule is CNC(c1nc(C)cs1)c1c(OC)cc(OC)cc1OC. The van der Waals surface area contributed by atoms with Crippen molar-refractivity contribution in [1.29, 1.82) is 0 Å².